The lowest BCUT2D eigenvalue weighted by atomic mass is 10.1. The van der Waals surface area contributed by atoms with Gasteiger partial charge >= 0.3 is 0 Å². The molecule has 26 heavy (non-hydrogen) atoms. The Morgan fingerprint density at radius 2 is 1.85 bits per heavy atom. The highest BCUT2D eigenvalue weighted by Gasteiger charge is 2.31. The molecule has 0 bridgehead atoms. The van der Waals surface area contributed by atoms with Gasteiger partial charge in [-0.25, -0.2) is 9.67 Å². The van der Waals surface area contributed by atoms with Gasteiger partial charge in [-0.1, -0.05) is 48.0 Å². The second-order valence-corrected chi connectivity index (χ2v) is 6.81. The van der Waals surface area contributed by atoms with E-state index in [1.165, 1.54) is 11.1 Å². The fourth-order valence-electron chi connectivity index (χ4n) is 2.94. The number of carbonyl (C=O) groups excluding carboxylic acids is 1. The number of aromatic nitrogens is 3. The average Bonchev–Trinajstić information content (AvgIpc) is 3.42. The Bertz CT molecular complexity index is 896. The molecule has 1 fully saturated rings. The highest BCUT2D eigenvalue weighted by atomic mass is 16.2. The molecule has 0 radical (unpaired) electrons. The predicted octanol–water partition coefficient (Wildman–Crippen LogP) is 3.43. The largest absolute Gasteiger partial charge is 0.349 e. The summed E-state index contributed by atoms with van der Waals surface area (Å²) in [4.78, 5) is 17.0. The maximum Gasteiger partial charge on any atom is 0.290 e. The van der Waals surface area contributed by atoms with Gasteiger partial charge in [-0.15, -0.1) is 5.10 Å². The van der Waals surface area contributed by atoms with Gasteiger partial charge in [-0.05, 0) is 43.9 Å². The van der Waals surface area contributed by atoms with Crippen LogP contribution in [0.2, 0.25) is 0 Å². The molecule has 5 heteroatoms. The third kappa shape index (κ3) is 3.67. The van der Waals surface area contributed by atoms with Crippen molar-refractivity contribution in [2.24, 2.45) is 0 Å². The molecule has 1 N–H and O–H groups in total. The second-order valence-electron chi connectivity index (χ2n) is 6.81. The van der Waals surface area contributed by atoms with E-state index in [2.05, 4.69) is 46.6 Å². The lowest BCUT2D eigenvalue weighted by molar-refractivity contribution is 0.0944. The molecule has 0 aliphatic heterocycles. The molecule has 1 aliphatic rings. The van der Waals surface area contributed by atoms with Gasteiger partial charge in [0.05, 0.1) is 5.69 Å². The minimum Gasteiger partial charge on any atom is -0.349 e. The van der Waals surface area contributed by atoms with Gasteiger partial charge in [0.1, 0.15) is 5.82 Å². The Labute approximate surface area is 153 Å². The van der Waals surface area contributed by atoms with Crippen LogP contribution < -0.4 is 5.32 Å². The number of rotatable bonds is 6. The predicted molar refractivity (Wildman–Crippen MR) is 101 cm³/mol. The van der Waals surface area contributed by atoms with Crippen molar-refractivity contribution >= 4 is 5.91 Å². The minimum absolute atomic E-state index is 0.214. The third-order valence-corrected chi connectivity index (χ3v) is 4.60. The van der Waals surface area contributed by atoms with Crippen molar-refractivity contribution in [3.05, 3.63) is 77.4 Å². The molecule has 0 unspecified atom stereocenters. The summed E-state index contributed by atoms with van der Waals surface area (Å²) in [6, 6.07) is 18.2. The van der Waals surface area contributed by atoms with Gasteiger partial charge in [0.25, 0.3) is 5.91 Å². The maximum absolute atomic E-state index is 12.5. The van der Waals surface area contributed by atoms with Gasteiger partial charge in [0.15, 0.2) is 0 Å². The molecule has 4 rings (SSSR count). The van der Waals surface area contributed by atoms with Crippen molar-refractivity contribution in [2.75, 3.05) is 6.54 Å². The molecule has 0 atom stereocenters. The van der Waals surface area contributed by atoms with Crippen molar-refractivity contribution < 1.29 is 4.79 Å². The molecule has 1 aliphatic carbocycles. The number of hydrogen-bond acceptors (Lipinski definition) is 3. The normalized spacial score (nSPS) is 13.6. The number of nitrogens with zero attached hydrogens (tertiary/aromatic N) is 3. The molecule has 3 aromatic rings. The van der Waals surface area contributed by atoms with Crippen LogP contribution in [0.3, 0.4) is 0 Å². The van der Waals surface area contributed by atoms with Crippen LogP contribution in [0, 0.1) is 6.92 Å². The summed E-state index contributed by atoms with van der Waals surface area (Å²) in [5, 5.41) is 7.41. The van der Waals surface area contributed by atoms with E-state index in [0.29, 0.717) is 12.5 Å². The molecular weight excluding hydrogens is 324 g/mol. The molecule has 0 spiro atoms. The van der Waals surface area contributed by atoms with E-state index in [9.17, 15) is 4.79 Å². The monoisotopic (exact) mass is 346 g/mol. The van der Waals surface area contributed by atoms with Gasteiger partial charge in [-0.3, -0.25) is 4.79 Å². The highest BCUT2D eigenvalue weighted by Crippen LogP contribution is 2.39. The SMILES string of the molecule is Cc1ccc(CCNC(=O)c2nc(C3CC3)n(-c3ccccc3)n2)cc1. The standard InChI is InChI=1S/C21H22N4O/c1-15-7-9-16(10-8-15)13-14-22-21(26)19-23-20(17-11-12-17)25(24-19)18-5-3-2-4-6-18/h2-10,17H,11-14H2,1H3,(H,22,26). The molecule has 0 saturated heterocycles. The van der Waals surface area contributed by atoms with Gasteiger partial charge in [0, 0.05) is 12.5 Å². The Morgan fingerprint density at radius 1 is 1.12 bits per heavy atom. The van der Waals surface area contributed by atoms with Crippen LogP contribution in [-0.4, -0.2) is 27.2 Å². The number of aryl methyl sites for hydroxylation is 1. The van der Waals surface area contributed by atoms with Gasteiger partial charge in [-0.2, -0.15) is 0 Å². The number of carbonyl (C=O) groups is 1. The highest BCUT2D eigenvalue weighted by molar-refractivity contribution is 5.90. The van der Waals surface area contributed by atoms with E-state index in [1.807, 2.05) is 35.0 Å². The Balaban J connectivity index is 1.45. The van der Waals surface area contributed by atoms with Crippen LogP contribution in [-0.2, 0) is 6.42 Å². The molecule has 132 valence electrons. The first kappa shape index (κ1) is 16.5. The minimum atomic E-state index is -0.214. The molecular formula is C21H22N4O. The topological polar surface area (TPSA) is 59.8 Å². The van der Waals surface area contributed by atoms with E-state index in [4.69, 9.17) is 0 Å². The van der Waals surface area contributed by atoms with Crippen molar-refractivity contribution in [2.45, 2.75) is 32.1 Å². The molecule has 1 heterocycles. The fourth-order valence-corrected chi connectivity index (χ4v) is 2.94. The smallest absolute Gasteiger partial charge is 0.290 e. The van der Waals surface area contributed by atoms with Crippen LogP contribution in [0.1, 0.15) is 46.3 Å². The number of nitrogens with one attached hydrogen (secondary N) is 1. The number of para-hydroxylation sites is 1. The van der Waals surface area contributed by atoms with E-state index >= 15 is 0 Å². The zero-order valence-corrected chi connectivity index (χ0v) is 14.9. The second kappa shape index (κ2) is 7.12. The molecule has 1 saturated carbocycles. The zero-order chi connectivity index (χ0) is 17.9. The summed E-state index contributed by atoms with van der Waals surface area (Å²) in [6.45, 7) is 2.64. The number of amides is 1. The van der Waals surface area contributed by atoms with E-state index < -0.39 is 0 Å². The summed E-state index contributed by atoms with van der Waals surface area (Å²) in [6.07, 6.45) is 3.01. The summed E-state index contributed by atoms with van der Waals surface area (Å²) in [5.41, 5.74) is 3.39. The van der Waals surface area contributed by atoms with Gasteiger partial charge < -0.3 is 5.32 Å². The first-order valence-electron chi connectivity index (χ1n) is 9.07. The Morgan fingerprint density at radius 3 is 2.54 bits per heavy atom. The fraction of sp³-hybridized carbons (Fsp3) is 0.286. The molecule has 1 aromatic heterocycles. The van der Waals surface area contributed by atoms with Crippen LogP contribution in [0.25, 0.3) is 5.69 Å². The summed E-state index contributed by atoms with van der Waals surface area (Å²) in [7, 11) is 0. The molecule has 1 amide bonds. The third-order valence-electron chi connectivity index (χ3n) is 4.60. The van der Waals surface area contributed by atoms with E-state index in [-0.39, 0.29) is 11.7 Å². The summed E-state index contributed by atoms with van der Waals surface area (Å²) < 4.78 is 1.81. The molecule has 2 aromatic carbocycles. The lowest BCUT2D eigenvalue weighted by Gasteiger charge is -2.04. The maximum atomic E-state index is 12.5. The molecule has 5 nitrogen and oxygen atoms in total. The zero-order valence-electron chi connectivity index (χ0n) is 14.9. The van der Waals surface area contributed by atoms with Crippen LogP contribution in [0.15, 0.2) is 54.6 Å². The van der Waals surface area contributed by atoms with E-state index in [0.717, 1.165) is 30.8 Å². The quantitative estimate of drug-likeness (QED) is 0.744. The Kier molecular flexibility index (Phi) is 4.52. The average molecular weight is 346 g/mol. The van der Waals surface area contributed by atoms with Crippen molar-refractivity contribution in [3.8, 4) is 5.69 Å². The lowest BCUT2D eigenvalue weighted by Crippen LogP contribution is -2.26. The summed E-state index contributed by atoms with van der Waals surface area (Å²) in [5.74, 6) is 1.34. The van der Waals surface area contributed by atoms with Gasteiger partial charge in [0.2, 0.25) is 5.82 Å². The van der Waals surface area contributed by atoms with Crippen molar-refractivity contribution in [3.63, 3.8) is 0 Å². The van der Waals surface area contributed by atoms with Crippen LogP contribution in [0.4, 0.5) is 0 Å². The van der Waals surface area contributed by atoms with E-state index in [1.54, 1.807) is 0 Å². The van der Waals surface area contributed by atoms with Crippen molar-refractivity contribution in [1.82, 2.24) is 20.1 Å². The summed E-state index contributed by atoms with van der Waals surface area (Å²) >= 11 is 0. The first-order chi connectivity index (χ1) is 12.7. The van der Waals surface area contributed by atoms with Crippen molar-refractivity contribution in [1.29, 1.82) is 0 Å². The number of hydrogen-bond donors (Lipinski definition) is 1. The van der Waals surface area contributed by atoms with Crippen LogP contribution >= 0.6 is 0 Å². The number of benzene rings is 2. The first-order valence-corrected chi connectivity index (χ1v) is 9.07. The Hall–Kier alpha value is -2.95. The van der Waals surface area contributed by atoms with Crippen LogP contribution in [0.5, 0.6) is 0 Å².